The van der Waals surface area contributed by atoms with E-state index in [1.807, 2.05) is 12.2 Å². The molecule has 3 rings (SSSR count). The molecule has 1 aromatic carbocycles. The zero-order valence-electron chi connectivity index (χ0n) is 17.2. The van der Waals surface area contributed by atoms with Crippen LogP contribution in [-0.4, -0.2) is 59.2 Å². The summed E-state index contributed by atoms with van der Waals surface area (Å²) in [5.74, 6) is -1.44. The normalized spacial score (nSPS) is 17.1. The number of aliphatic hydroxyl groups is 1. The Labute approximate surface area is 180 Å². The van der Waals surface area contributed by atoms with Gasteiger partial charge in [0.05, 0.1) is 17.5 Å². The molecule has 4 N–H and O–H groups in total. The van der Waals surface area contributed by atoms with Crippen LogP contribution in [0.25, 0.3) is 11.1 Å². The predicted molar refractivity (Wildman–Crippen MR) is 112 cm³/mol. The van der Waals surface area contributed by atoms with E-state index in [-0.39, 0.29) is 17.6 Å². The molecule has 1 aliphatic carbocycles. The maximum atomic E-state index is 12.8. The second-order valence-corrected chi connectivity index (χ2v) is 10.0. The van der Waals surface area contributed by atoms with Crippen molar-refractivity contribution in [2.45, 2.75) is 50.8 Å². The second kappa shape index (κ2) is 9.65. The van der Waals surface area contributed by atoms with Crippen LogP contribution in [0, 0.1) is 5.92 Å². The van der Waals surface area contributed by atoms with Crippen molar-refractivity contribution in [2.75, 3.05) is 11.5 Å². The minimum absolute atomic E-state index is 0.0176. The molecule has 1 fully saturated rings. The minimum Gasteiger partial charge on any atom is -0.465 e. The average Bonchev–Trinajstić information content (AvgIpc) is 3.38. The molecule has 1 aromatic heterocycles. The van der Waals surface area contributed by atoms with Crippen LogP contribution in [0.5, 0.6) is 0 Å². The highest BCUT2D eigenvalue weighted by Crippen LogP contribution is 2.30. The molecule has 0 aliphatic heterocycles. The van der Waals surface area contributed by atoms with Crippen molar-refractivity contribution in [3.8, 4) is 0 Å². The van der Waals surface area contributed by atoms with Crippen LogP contribution < -0.4 is 10.6 Å². The highest BCUT2D eigenvalue weighted by Gasteiger charge is 2.35. The number of sulfone groups is 1. The van der Waals surface area contributed by atoms with Crippen LogP contribution in [0.1, 0.15) is 44.6 Å². The van der Waals surface area contributed by atoms with Gasteiger partial charge >= 0.3 is 6.09 Å². The largest absolute Gasteiger partial charge is 0.465 e. The summed E-state index contributed by atoms with van der Waals surface area (Å²) in [6.45, 7) is 1.85. The number of oxazole rings is 1. The number of hydrogen-bond donors (Lipinski definition) is 4. The van der Waals surface area contributed by atoms with Crippen LogP contribution in [0.2, 0.25) is 0 Å². The Balaban J connectivity index is 1.74. The van der Waals surface area contributed by atoms with Crippen molar-refractivity contribution in [2.24, 2.45) is 5.92 Å². The fraction of sp³-hybridized carbons (Fsp3) is 0.550. The molecule has 3 atom stereocenters. The molecule has 31 heavy (non-hydrogen) atoms. The third-order valence-corrected chi connectivity index (χ3v) is 6.91. The van der Waals surface area contributed by atoms with Gasteiger partial charge in [0.15, 0.2) is 21.5 Å². The molecule has 1 aliphatic rings. The Morgan fingerprint density at radius 3 is 2.58 bits per heavy atom. The summed E-state index contributed by atoms with van der Waals surface area (Å²) in [6.07, 6.45) is -0.215. The van der Waals surface area contributed by atoms with Crippen molar-refractivity contribution in [3.63, 3.8) is 0 Å². The highest BCUT2D eigenvalue weighted by molar-refractivity contribution is 7.91. The number of benzene rings is 1. The summed E-state index contributed by atoms with van der Waals surface area (Å²) in [7, 11) is -3.63. The highest BCUT2D eigenvalue weighted by atomic mass is 32.2. The lowest BCUT2D eigenvalue weighted by Crippen LogP contribution is -2.53. The number of carbonyl (C=O) groups is 2. The Morgan fingerprint density at radius 1 is 1.26 bits per heavy atom. The molecule has 0 bridgehead atoms. The number of aromatic nitrogens is 1. The maximum absolute atomic E-state index is 12.8. The summed E-state index contributed by atoms with van der Waals surface area (Å²) in [5, 5.41) is 24.4. The standard InChI is InChI=1S/C20H27N3O7S/c1-2-5-14(17(24)19-22-13-6-3-4-7-16(13)30-19)21-18(25)15(23-20(26)27)11-31(28,29)10-12-8-9-12/h3-4,6-7,12,14-15,17,23-24H,2,5,8-11H2,1H3,(H,21,25)(H,26,27)/t14-,15-,17?/m0/s1. The molecule has 11 heteroatoms. The van der Waals surface area contributed by atoms with Crippen LogP contribution in [0.15, 0.2) is 28.7 Å². The number of rotatable bonds is 11. The fourth-order valence-electron chi connectivity index (χ4n) is 3.39. The van der Waals surface area contributed by atoms with Gasteiger partial charge in [0.2, 0.25) is 11.8 Å². The minimum atomic E-state index is -3.63. The van der Waals surface area contributed by atoms with E-state index in [2.05, 4.69) is 10.3 Å². The predicted octanol–water partition coefficient (Wildman–Crippen LogP) is 1.61. The van der Waals surface area contributed by atoms with E-state index in [0.717, 1.165) is 12.8 Å². The lowest BCUT2D eigenvalue weighted by molar-refractivity contribution is -0.124. The van der Waals surface area contributed by atoms with E-state index in [1.54, 1.807) is 24.3 Å². The third kappa shape index (κ3) is 6.41. The maximum Gasteiger partial charge on any atom is 0.405 e. The Hall–Kier alpha value is -2.66. The second-order valence-electron chi connectivity index (χ2n) is 7.89. The summed E-state index contributed by atoms with van der Waals surface area (Å²) in [4.78, 5) is 28.2. The first-order chi connectivity index (χ1) is 14.7. The van der Waals surface area contributed by atoms with E-state index in [4.69, 9.17) is 9.52 Å². The molecule has 0 radical (unpaired) electrons. The molecule has 10 nitrogen and oxygen atoms in total. The van der Waals surface area contributed by atoms with Crippen molar-refractivity contribution in [1.82, 2.24) is 15.6 Å². The van der Waals surface area contributed by atoms with Crippen LogP contribution >= 0.6 is 0 Å². The first-order valence-electron chi connectivity index (χ1n) is 10.2. The van der Waals surface area contributed by atoms with Crippen LogP contribution in [0.3, 0.4) is 0 Å². The van der Waals surface area contributed by atoms with Gasteiger partial charge in [-0.1, -0.05) is 25.5 Å². The smallest absolute Gasteiger partial charge is 0.405 e. The van der Waals surface area contributed by atoms with Gasteiger partial charge in [-0.25, -0.2) is 18.2 Å². The number of nitrogens with one attached hydrogen (secondary N) is 2. The van der Waals surface area contributed by atoms with Gasteiger partial charge in [0.25, 0.3) is 0 Å². The molecule has 1 heterocycles. The monoisotopic (exact) mass is 453 g/mol. The first-order valence-corrected chi connectivity index (χ1v) is 12.0. The fourth-order valence-corrected chi connectivity index (χ4v) is 5.32. The molecular weight excluding hydrogens is 426 g/mol. The number of para-hydroxylation sites is 2. The van der Waals surface area contributed by atoms with E-state index in [9.17, 15) is 23.1 Å². The molecule has 2 amide bonds. The quantitative estimate of drug-likeness (QED) is 0.399. The number of hydrogen-bond acceptors (Lipinski definition) is 7. The van der Waals surface area contributed by atoms with Gasteiger partial charge in [0, 0.05) is 0 Å². The van der Waals surface area contributed by atoms with E-state index < -0.39 is 45.8 Å². The Kier molecular flexibility index (Phi) is 7.16. The summed E-state index contributed by atoms with van der Waals surface area (Å²) in [6, 6.07) is 4.63. The Bertz CT molecular complexity index is 999. The first kappa shape index (κ1) is 23.0. The lowest BCUT2D eigenvalue weighted by Gasteiger charge is -2.25. The van der Waals surface area contributed by atoms with Crippen LogP contribution in [0.4, 0.5) is 4.79 Å². The van der Waals surface area contributed by atoms with Gasteiger partial charge < -0.3 is 25.3 Å². The molecular formula is C20H27N3O7S. The van der Waals surface area contributed by atoms with E-state index >= 15 is 0 Å². The van der Waals surface area contributed by atoms with Crippen molar-refractivity contribution < 1.29 is 32.6 Å². The van der Waals surface area contributed by atoms with Crippen molar-refractivity contribution in [1.29, 1.82) is 0 Å². The third-order valence-electron chi connectivity index (χ3n) is 5.09. The number of aliphatic hydroxyl groups excluding tert-OH is 1. The molecule has 1 saturated carbocycles. The lowest BCUT2D eigenvalue weighted by atomic mass is 10.1. The summed E-state index contributed by atoms with van der Waals surface area (Å²) < 4.78 is 30.3. The number of nitrogens with zero attached hydrogens (tertiary/aromatic N) is 1. The van der Waals surface area contributed by atoms with Crippen LogP contribution in [-0.2, 0) is 14.6 Å². The van der Waals surface area contributed by atoms with E-state index in [1.165, 1.54) is 0 Å². The molecule has 1 unspecified atom stereocenters. The van der Waals surface area contributed by atoms with E-state index in [0.29, 0.717) is 23.9 Å². The number of carbonyl (C=O) groups excluding carboxylic acids is 1. The molecule has 170 valence electrons. The SMILES string of the molecule is CCC[C@H](NC(=O)[C@H](CS(=O)(=O)CC1CC1)NC(=O)O)C(O)c1nc2ccccc2o1. The van der Waals surface area contributed by atoms with Gasteiger partial charge in [-0.2, -0.15) is 0 Å². The molecule has 2 aromatic rings. The summed E-state index contributed by atoms with van der Waals surface area (Å²) in [5.41, 5.74) is 1.03. The van der Waals surface area contributed by atoms with Gasteiger partial charge in [-0.15, -0.1) is 0 Å². The molecule has 0 saturated heterocycles. The number of carboxylic acid groups (broad SMARTS) is 1. The van der Waals surface area contributed by atoms with Crippen molar-refractivity contribution in [3.05, 3.63) is 30.2 Å². The molecule has 0 spiro atoms. The van der Waals surface area contributed by atoms with Gasteiger partial charge in [-0.05, 0) is 37.3 Å². The number of fused-ring (bicyclic) bond motifs is 1. The zero-order chi connectivity index (χ0) is 22.6. The van der Waals surface area contributed by atoms with Gasteiger partial charge in [-0.3, -0.25) is 4.79 Å². The topological polar surface area (TPSA) is 159 Å². The summed E-state index contributed by atoms with van der Waals surface area (Å²) >= 11 is 0. The number of amides is 2. The Morgan fingerprint density at radius 2 is 1.97 bits per heavy atom. The average molecular weight is 454 g/mol. The van der Waals surface area contributed by atoms with Gasteiger partial charge in [0.1, 0.15) is 11.6 Å². The van der Waals surface area contributed by atoms with Crippen molar-refractivity contribution >= 4 is 32.9 Å². The zero-order valence-corrected chi connectivity index (χ0v) is 18.0.